The molecular formula is C30H67N3O2Si. The number of hydrogen-bond acceptors (Lipinski definition) is 5. The van der Waals surface area contributed by atoms with Gasteiger partial charge in [-0.15, -0.1) is 0 Å². The molecule has 5 nitrogen and oxygen atoms in total. The third kappa shape index (κ3) is 16.1. The van der Waals surface area contributed by atoms with Crippen molar-refractivity contribution in [1.82, 2.24) is 14.7 Å². The smallest absolute Gasteiger partial charge is 0.337 e. The minimum atomic E-state index is -2.13. The molecule has 0 saturated carbocycles. The Hall–Kier alpha value is 0.0169. The summed E-state index contributed by atoms with van der Waals surface area (Å²) in [5, 5.41) is 0. The van der Waals surface area contributed by atoms with Crippen molar-refractivity contribution in [3.8, 4) is 0 Å². The zero-order valence-electron chi connectivity index (χ0n) is 26.3. The molecule has 0 radical (unpaired) electrons. The van der Waals surface area contributed by atoms with Gasteiger partial charge in [0.15, 0.2) is 0 Å². The highest BCUT2D eigenvalue weighted by Gasteiger charge is 2.39. The van der Waals surface area contributed by atoms with E-state index in [0.29, 0.717) is 5.41 Å². The minimum Gasteiger partial charge on any atom is -0.394 e. The van der Waals surface area contributed by atoms with Gasteiger partial charge in [-0.1, -0.05) is 27.7 Å². The molecule has 0 heterocycles. The fraction of sp³-hybridized carbons (Fsp3) is 1.00. The Kier molecular flexibility index (Phi) is 21.9. The molecule has 0 unspecified atom stereocenters. The summed E-state index contributed by atoms with van der Waals surface area (Å²) >= 11 is 0. The fourth-order valence-electron chi connectivity index (χ4n) is 5.95. The zero-order chi connectivity index (χ0) is 27.3. The molecule has 0 aliphatic rings. The summed E-state index contributed by atoms with van der Waals surface area (Å²) in [7, 11) is 4.75. The third-order valence-electron chi connectivity index (χ3n) is 7.95. The van der Waals surface area contributed by atoms with Gasteiger partial charge in [0, 0.05) is 13.2 Å². The maximum Gasteiger partial charge on any atom is 0.337 e. The van der Waals surface area contributed by atoms with Crippen LogP contribution in [0.15, 0.2) is 0 Å². The van der Waals surface area contributed by atoms with Gasteiger partial charge in [0.2, 0.25) is 0 Å². The maximum absolute atomic E-state index is 6.43. The Bertz CT molecular complexity index is 443. The van der Waals surface area contributed by atoms with Crippen molar-refractivity contribution >= 4 is 8.56 Å². The predicted molar refractivity (Wildman–Crippen MR) is 162 cm³/mol. The van der Waals surface area contributed by atoms with Gasteiger partial charge in [0.05, 0.1) is 0 Å². The van der Waals surface area contributed by atoms with E-state index in [1.54, 1.807) is 0 Å². The molecule has 0 aliphatic carbocycles. The van der Waals surface area contributed by atoms with E-state index < -0.39 is 8.56 Å². The standard InChI is InChI=1S/C30H67N3O2Si/c1-10-23-31(7)26-16-19-30(20-17-27-32(8)24-11-2,21-18-28-33(9)25-12-3)22-29-36(15-6,34-13-4)35-14-5/h10-29H2,1-9H3. The van der Waals surface area contributed by atoms with Crippen molar-refractivity contribution in [2.45, 2.75) is 118 Å². The lowest BCUT2D eigenvalue weighted by Gasteiger charge is -2.39. The van der Waals surface area contributed by atoms with Crippen LogP contribution in [0.2, 0.25) is 12.1 Å². The molecule has 0 aliphatic heterocycles. The molecule has 0 aromatic rings. The maximum atomic E-state index is 6.43. The van der Waals surface area contributed by atoms with Gasteiger partial charge in [0.25, 0.3) is 0 Å². The van der Waals surface area contributed by atoms with E-state index in [2.05, 4.69) is 77.4 Å². The van der Waals surface area contributed by atoms with Gasteiger partial charge in [-0.25, -0.2) is 0 Å². The third-order valence-corrected chi connectivity index (χ3v) is 11.7. The quantitative estimate of drug-likeness (QED) is 0.110. The first-order valence-electron chi connectivity index (χ1n) is 15.6. The molecule has 6 heteroatoms. The first kappa shape index (κ1) is 36.0. The molecule has 0 amide bonds. The van der Waals surface area contributed by atoms with E-state index in [0.717, 1.165) is 25.3 Å². The van der Waals surface area contributed by atoms with E-state index in [9.17, 15) is 0 Å². The second-order valence-corrected chi connectivity index (χ2v) is 15.0. The van der Waals surface area contributed by atoms with Crippen LogP contribution in [0.4, 0.5) is 0 Å². The van der Waals surface area contributed by atoms with Crippen molar-refractivity contribution in [3.63, 3.8) is 0 Å². The SMILES string of the molecule is CCCN(C)CCCC(CCCN(C)CCC)(CCCN(C)CCC)CC[Si](CC)(OCC)OCC. The van der Waals surface area contributed by atoms with Crippen LogP contribution in [0.1, 0.15) is 106 Å². The average Bonchev–Trinajstić information content (AvgIpc) is 2.83. The van der Waals surface area contributed by atoms with Crippen LogP contribution in [0, 0.1) is 5.41 Å². The molecule has 36 heavy (non-hydrogen) atoms. The highest BCUT2D eigenvalue weighted by molar-refractivity contribution is 6.67. The van der Waals surface area contributed by atoms with Gasteiger partial charge in [0.1, 0.15) is 0 Å². The Balaban J connectivity index is 5.67. The van der Waals surface area contributed by atoms with Gasteiger partial charge >= 0.3 is 8.56 Å². The lowest BCUT2D eigenvalue weighted by molar-refractivity contribution is 0.144. The molecule has 0 spiro atoms. The first-order valence-corrected chi connectivity index (χ1v) is 17.8. The van der Waals surface area contributed by atoms with Crippen molar-refractivity contribution in [3.05, 3.63) is 0 Å². The van der Waals surface area contributed by atoms with Crippen LogP contribution in [-0.4, -0.2) is 96.9 Å². The van der Waals surface area contributed by atoms with Gasteiger partial charge in [-0.05, 0) is 156 Å². The molecule has 0 N–H and O–H groups in total. The Morgan fingerprint density at radius 3 is 1.17 bits per heavy atom. The Morgan fingerprint density at radius 2 is 0.889 bits per heavy atom. The van der Waals surface area contributed by atoms with Crippen LogP contribution >= 0.6 is 0 Å². The summed E-state index contributed by atoms with van der Waals surface area (Å²) in [5.74, 6) is 0. The predicted octanol–water partition coefficient (Wildman–Crippen LogP) is 7.26. The van der Waals surface area contributed by atoms with Crippen molar-refractivity contribution in [2.24, 2.45) is 5.41 Å². The van der Waals surface area contributed by atoms with Gasteiger partial charge < -0.3 is 23.6 Å². The molecule has 218 valence electrons. The minimum absolute atomic E-state index is 0.398. The van der Waals surface area contributed by atoms with E-state index in [4.69, 9.17) is 8.85 Å². The lowest BCUT2D eigenvalue weighted by Crippen LogP contribution is -2.43. The Labute approximate surface area is 228 Å². The highest BCUT2D eigenvalue weighted by Crippen LogP contribution is 2.42. The average molecular weight is 530 g/mol. The number of nitrogens with zero attached hydrogens (tertiary/aromatic N) is 3. The van der Waals surface area contributed by atoms with E-state index in [1.807, 2.05) is 0 Å². The topological polar surface area (TPSA) is 28.2 Å². The number of hydrogen-bond donors (Lipinski definition) is 0. The summed E-state index contributed by atoms with van der Waals surface area (Å²) in [5.41, 5.74) is 0.398. The lowest BCUT2D eigenvalue weighted by atomic mass is 9.73. The summed E-state index contributed by atoms with van der Waals surface area (Å²) in [6.45, 7) is 22.3. The van der Waals surface area contributed by atoms with Crippen LogP contribution in [0.25, 0.3) is 0 Å². The summed E-state index contributed by atoms with van der Waals surface area (Å²) in [6.07, 6.45) is 12.9. The molecule has 0 aromatic carbocycles. The molecule has 0 aromatic heterocycles. The van der Waals surface area contributed by atoms with Crippen LogP contribution in [0.3, 0.4) is 0 Å². The molecule has 0 saturated heterocycles. The fourth-order valence-corrected chi connectivity index (χ4v) is 9.05. The normalized spacial score (nSPS) is 13.0. The first-order chi connectivity index (χ1) is 17.3. The molecule has 0 atom stereocenters. The monoisotopic (exact) mass is 530 g/mol. The Morgan fingerprint density at radius 1 is 0.528 bits per heavy atom. The van der Waals surface area contributed by atoms with Crippen LogP contribution in [-0.2, 0) is 8.85 Å². The highest BCUT2D eigenvalue weighted by atomic mass is 28.4. The van der Waals surface area contributed by atoms with E-state index >= 15 is 0 Å². The summed E-state index contributed by atoms with van der Waals surface area (Å²) < 4.78 is 12.9. The van der Waals surface area contributed by atoms with Gasteiger partial charge in [-0.3, -0.25) is 0 Å². The van der Waals surface area contributed by atoms with Crippen molar-refractivity contribution in [2.75, 3.05) is 73.6 Å². The van der Waals surface area contributed by atoms with E-state index in [1.165, 1.54) is 103 Å². The second kappa shape index (κ2) is 21.9. The second-order valence-electron chi connectivity index (χ2n) is 11.4. The summed E-state index contributed by atoms with van der Waals surface area (Å²) in [6, 6.07) is 2.20. The summed E-state index contributed by atoms with van der Waals surface area (Å²) in [4.78, 5) is 7.58. The molecular weight excluding hydrogens is 462 g/mol. The molecule has 0 fully saturated rings. The van der Waals surface area contributed by atoms with Crippen molar-refractivity contribution in [1.29, 1.82) is 0 Å². The zero-order valence-corrected chi connectivity index (χ0v) is 27.3. The van der Waals surface area contributed by atoms with Crippen molar-refractivity contribution < 1.29 is 8.85 Å². The molecule has 0 bridgehead atoms. The largest absolute Gasteiger partial charge is 0.394 e. The van der Waals surface area contributed by atoms with Crippen LogP contribution < -0.4 is 0 Å². The number of rotatable bonds is 26. The molecule has 0 rings (SSSR count). The van der Waals surface area contributed by atoms with E-state index in [-0.39, 0.29) is 0 Å². The van der Waals surface area contributed by atoms with Gasteiger partial charge in [-0.2, -0.15) is 0 Å². The van der Waals surface area contributed by atoms with Crippen LogP contribution in [0.5, 0.6) is 0 Å².